The molecule has 2 aromatic carbocycles. The van der Waals surface area contributed by atoms with Gasteiger partial charge in [0.2, 0.25) is 10.0 Å². The van der Waals surface area contributed by atoms with E-state index in [0.29, 0.717) is 22.2 Å². The Morgan fingerprint density at radius 1 is 0.952 bits per heavy atom. The molecule has 0 heterocycles. The normalized spacial score (nSPS) is 11.8. The van der Waals surface area contributed by atoms with Gasteiger partial charge in [-0.3, -0.25) is 0 Å². The summed E-state index contributed by atoms with van der Waals surface area (Å²) >= 11 is 11.7. The minimum atomic E-state index is -3.41. The molecule has 21 heavy (non-hydrogen) atoms. The average Bonchev–Trinajstić information content (AvgIpc) is 2.43. The molecule has 0 aliphatic heterocycles. The largest absolute Gasteiger partial charge is 0.218 e. The molecule has 0 unspecified atom stereocenters. The van der Waals surface area contributed by atoms with E-state index in [1.54, 1.807) is 25.2 Å². The maximum Gasteiger partial charge on any atom is 0.218 e. The molecular formula is C15H15Cl2NO2S. The Kier molecular flexibility index (Phi) is 5.27. The fourth-order valence-corrected chi connectivity index (χ4v) is 3.38. The molecule has 0 amide bonds. The maximum absolute atomic E-state index is 12.4. The van der Waals surface area contributed by atoms with Crippen LogP contribution >= 0.6 is 23.2 Å². The Hall–Kier alpha value is -1.07. The van der Waals surface area contributed by atoms with Gasteiger partial charge >= 0.3 is 0 Å². The van der Waals surface area contributed by atoms with Crippen molar-refractivity contribution in [3.05, 3.63) is 69.7 Å². The van der Waals surface area contributed by atoms with Crippen LogP contribution in [0.2, 0.25) is 10.0 Å². The first-order chi connectivity index (χ1) is 9.88. The molecule has 0 atom stereocenters. The quantitative estimate of drug-likeness (QED) is 0.823. The van der Waals surface area contributed by atoms with Crippen molar-refractivity contribution in [1.29, 1.82) is 0 Å². The second-order valence-electron chi connectivity index (χ2n) is 4.75. The Morgan fingerprint density at radius 2 is 1.62 bits per heavy atom. The van der Waals surface area contributed by atoms with Crippen LogP contribution < -0.4 is 0 Å². The molecule has 0 saturated carbocycles. The van der Waals surface area contributed by atoms with Gasteiger partial charge in [-0.2, -0.15) is 0 Å². The third-order valence-electron chi connectivity index (χ3n) is 3.06. The molecule has 0 bridgehead atoms. The van der Waals surface area contributed by atoms with Crippen molar-refractivity contribution in [1.82, 2.24) is 4.31 Å². The minimum Gasteiger partial charge on any atom is -0.212 e. The number of benzene rings is 2. The zero-order valence-electron chi connectivity index (χ0n) is 11.5. The van der Waals surface area contributed by atoms with Gasteiger partial charge in [-0.25, -0.2) is 12.7 Å². The summed E-state index contributed by atoms with van der Waals surface area (Å²) in [6.45, 7) is 0.338. The van der Waals surface area contributed by atoms with Crippen LogP contribution in [0.4, 0.5) is 0 Å². The molecule has 0 fully saturated rings. The van der Waals surface area contributed by atoms with Crippen LogP contribution in [0.1, 0.15) is 11.1 Å². The molecule has 2 aromatic rings. The van der Waals surface area contributed by atoms with Crippen molar-refractivity contribution in [2.45, 2.75) is 12.3 Å². The van der Waals surface area contributed by atoms with Gasteiger partial charge in [0.25, 0.3) is 0 Å². The third kappa shape index (κ3) is 4.45. The predicted octanol–water partition coefficient (Wildman–Crippen LogP) is 3.96. The van der Waals surface area contributed by atoms with Gasteiger partial charge in [0.1, 0.15) is 0 Å². The number of hydrogen-bond donors (Lipinski definition) is 0. The molecule has 0 aliphatic carbocycles. The first-order valence-corrected chi connectivity index (χ1v) is 8.67. The lowest BCUT2D eigenvalue weighted by atomic mass is 10.2. The number of nitrogens with zero attached hydrogens (tertiary/aromatic N) is 1. The highest BCUT2D eigenvalue weighted by Crippen LogP contribution is 2.24. The second-order valence-corrected chi connectivity index (χ2v) is 7.64. The number of halogens is 2. The Labute approximate surface area is 135 Å². The Bertz CT molecular complexity index is 718. The highest BCUT2D eigenvalue weighted by Gasteiger charge is 2.19. The van der Waals surface area contributed by atoms with Crippen molar-refractivity contribution in [2.75, 3.05) is 7.05 Å². The lowest BCUT2D eigenvalue weighted by Crippen LogP contribution is -2.27. The van der Waals surface area contributed by atoms with E-state index in [4.69, 9.17) is 23.2 Å². The van der Waals surface area contributed by atoms with Crippen molar-refractivity contribution in [2.24, 2.45) is 0 Å². The second kappa shape index (κ2) is 6.79. The smallest absolute Gasteiger partial charge is 0.212 e. The molecule has 0 saturated heterocycles. The van der Waals surface area contributed by atoms with Crippen molar-refractivity contribution in [3.63, 3.8) is 0 Å². The molecule has 2 rings (SSSR count). The molecule has 6 heteroatoms. The SMILES string of the molecule is CN(Cc1ccccc1)S(=O)(=O)Cc1ccc(Cl)c(Cl)c1. The molecular weight excluding hydrogens is 329 g/mol. The van der Waals surface area contributed by atoms with E-state index in [0.717, 1.165) is 5.56 Å². The summed E-state index contributed by atoms with van der Waals surface area (Å²) in [6.07, 6.45) is 0. The fourth-order valence-electron chi connectivity index (χ4n) is 1.89. The molecule has 0 N–H and O–H groups in total. The van der Waals surface area contributed by atoms with Crippen LogP contribution in [0.3, 0.4) is 0 Å². The van der Waals surface area contributed by atoms with Crippen molar-refractivity contribution < 1.29 is 8.42 Å². The summed E-state index contributed by atoms with van der Waals surface area (Å²) in [5, 5.41) is 0.769. The van der Waals surface area contributed by atoms with Crippen LogP contribution in [0.25, 0.3) is 0 Å². The van der Waals surface area contributed by atoms with Gasteiger partial charge in [-0.15, -0.1) is 0 Å². The first kappa shape index (κ1) is 16.3. The summed E-state index contributed by atoms with van der Waals surface area (Å²) in [6, 6.07) is 14.3. The van der Waals surface area contributed by atoms with Crippen LogP contribution in [-0.2, 0) is 22.3 Å². The van der Waals surface area contributed by atoms with Gasteiger partial charge in [-0.05, 0) is 23.3 Å². The minimum absolute atomic E-state index is 0.104. The molecule has 0 aromatic heterocycles. The van der Waals surface area contributed by atoms with Crippen molar-refractivity contribution in [3.8, 4) is 0 Å². The summed E-state index contributed by atoms with van der Waals surface area (Å²) in [5.74, 6) is -0.104. The average molecular weight is 344 g/mol. The van der Waals surface area contributed by atoms with E-state index in [-0.39, 0.29) is 5.75 Å². The highest BCUT2D eigenvalue weighted by molar-refractivity contribution is 7.88. The van der Waals surface area contributed by atoms with E-state index in [9.17, 15) is 8.42 Å². The standard InChI is InChI=1S/C15H15Cl2NO2S/c1-18(10-12-5-3-2-4-6-12)21(19,20)11-13-7-8-14(16)15(17)9-13/h2-9H,10-11H2,1H3. The van der Waals surface area contributed by atoms with E-state index in [1.807, 2.05) is 30.3 Å². The monoisotopic (exact) mass is 343 g/mol. The van der Waals surface area contributed by atoms with Crippen LogP contribution in [-0.4, -0.2) is 19.8 Å². The summed E-state index contributed by atoms with van der Waals surface area (Å²) < 4.78 is 26.0. The van der Waals surface area contributed by atoms with Crippen LogP contribution in [0.15, 0.2) is 48.5 Å². The first-order valence-electron chi connectivity index (χ1n) is 6.30. The molecule has 0 aliphatic rings. The Balaban J connectivity index is 2.12. The number of hydrogen-bond acceptors (Lipinski definition) is 2. The third-order valence-corrected chi connectivity index (χ3v) is 5.57. The maximum atomic E-state index is 12.4. The highest BCUT2D eigenvalue weighted by atomic mass is 35.5. The van der Waals surface area contributed by atoms with Crippen LogP contribution in [0, 0.1) is 0 Å². The summed E-state index contributed by atoms with van der Waals surface area (Å²) in [7, 11) is -1.84. The van der Waals surface area contributed by atoms with Crippen LogP contribution in [0.5, 0.6) is 0 Å². The summed E-state index contributed by atoms with van der Waals surface area (Å²) in [5.41, 5.74) is 1.56. The summed E-state index contributed by atoms with van der Waals surface area (Å²) in [4.78, 5) is 0. The lowest BCUT2D eigenvalue weighted by molar-refractivity contribution is 0.466. The number of sulfonamides is 1. The molecule has 112 valence electrons. The number of rotatable bonds is 5. The van der Waals surface area contributed by atoms with Gasteiger partial charge in [0.05, 0.1) is 15.8 Å². The van der Waals surface area contributed by atoms with E-state index in [1.165, 1.54) is 4.31 Å². The topological polar surface area (TPSA) is 37.4 Å². The van der Waals surface area contributed by atoms with Crippen molar-refractivity contribution >= 4 is 33.2 Å². The molecule has 0 spiro atoms. The van der Waals surface area contributed by atoms with Gasteiger partial charge in [0.15, 0.2) is 0 Å². The van der Waals surface area contributed by atoms with Gasteiger partial charge < -0.3 is 0 Å². The zero-order chi connectivity index (χ0) is 15.5. The van der Waals surface area contributed by atoms with E-state index < -0.39 is 10.0 Å². The Morgan fingerprint density at radius 3 is 2.24 bits per heavy atom. The lowest BCUT2D eigenvalue weighted by Gasteiger charge is -2.17. The van der Waals surface area contributed by atoms with E-state index in [2.05, 4.69) is 0 Å². The van der Waals surface area contributed by atoms with Gasteiger partial charge in [-0.1, -0.05) is 59.6 Å². The predicted molar refractivity (Wildman–Crippen MR) is 87.0 cm³/mol. The zero-order valence-corrected chi connectivity index (χ0v) is 13.8. The van der Waals surface area contributed by atoms with Gasteiger partial charge in [0, 0.05) is 13.6 Å². The fraction of sp³-hybridized carbons (Fsp3) is 0.200. The molecule has 0 radical (unpaired) electrons. The molecule has 3 nitrogen and oxygen atoms in total. The van der Waals surface area contributed by atoms with E-state index >= 15 is 0 Å².